The van der Waals surface area contributed by atoms with Gasteiger partial charge in [0.1, 0.15) is 12.1 Å². The number of hydrogen-bond acceptors (Lipinski definition) is 4. The van der Waals surface area contributed by atoms with E-state index in [1.165, 1.54) is 4.90 Å². The molecule has 32 heavy (non-hydrogen) atoms. The van der Waals surface area contributed by atoms with Gasteiger partial charge in [0, 0.05) is 18.5 Å². The highest BCUT2D eigenvalue weighted by Crippen LogP contribution is 2.44. The fourth-order valence-electron chi connectivity index (χ4n) is 4.43. The summed E-state index contributed by atoms with van der Waals surface area (Å²) in [6, 6.07) is 16.0. The molecule has 0 atom stereocenters. The Labute approximate surface area is 187 Å². The molecule has 2 aromatic carbocycles. The number of alkyl carbamates (subject to hydrolysis) is 1. The van der Waals surface area contributed by atoms with E-state index in [0.29, 0.717) is 12.8 Å². The Bertz CT molecular complexity index is 999. The van der Waals surface area contributed by atoms with E-state index in [1.807, 2.05) is 38.1 Å². The highest BCUT2D eigenvalue weighted by molar-refractivity contribution is 5.93. The SMILES string of the molecule is CC(C)N(CCC(=O)O)C(=O)C1(NC(=O)OCC2c3ccccc3-c3ccccc32)CC1. The van der Waals surface area contributed by atoms with E-state index in [0.717, 1.165) is 22.3 Å². The van der Waals surface area contributed by atoms with E-state index in [4.69, 9.17) is 9.84 Å². The number of rotatable bonds is 8. The van der Waals surface area contributed by atoms with E-state index in [1.54, 1.807) is 0 Å². The monoisotopic (exact) mass is 436 g/mol. The molecule has 2 aliphatic carbocycles. The summed E-state index contributed by atoms with van der Waals surface area (Å²) in [5.41, 5.74) is 3.55. The Kier molecular flexibility index (Phi) is 5.91. The van der Waals surface area contributed by atoms with Crippen LogP contribution in [0.15, 0.2) is 48.5 Å². The first-order chi connectivity index (χ1) is 15.3. The van der Waals surface area contributed by atoms with Gasteiger partial charge in [0.2, 0.25) is 5.91 Å². The molecule has 2 aromatic rings. The summed E-state index contributed by atoms with van der Waals surface area (Å²) < 4.78 is 5.59. The molecule has 0 spiro atoms. The maximum absolute atomic E-state index is 13.1. The van der Waals surface area contributed by atoms with Gasteiger partial charge in [0.15, 0.2) is 0 Å². The molecule has 0 aromatic heterocycles. The summed E-state index contributed by atoms with van der Waals surface area (Å²) in [6.45, 7) is 3.96. The second kappa shape index (κ2) is 8.65. The van der Waals surface area contributed by atoms with Crippen LogP contribution in [-0.4, -0.2) is 52.7 Å². The number of carbonyl (C=O) groups excluding carboxylic acids is 2. The van der Waals surface area contributed by atoms with Gasteiger partial charge in [-0.15, -0.1) is 0 Å². The fraction of sp³-hybridized carbons (Fsp3) is 0.400. The molecule has 7 nitrogen and oxygen atoms in total. The standard InChI is InChI=1S/C25H28N2O5/c1-16(2)27(14-11-22(28)29)23(30)25(12-13-25)26-24(31)32-15-21-19-9-5-3-7-17(19)18-8-4-6-10-20(18)21/h3-10,16,21H,11-15H2,1-2H3,(H,26,31)(H,28,29). The minimum absolute atomic E-state index is 0.0540. The van der Waals surface area contributed by atoms with E-state index in [2.05, 4.69) is 29.6 Å². The highest BCUT2D eigenvalue weighted by Gasteiger charge is 2.53. The quantitative estimate of drug-likeness (QED) is 0.657. The van der Waals surface area contributed by atoms with Crippen molar-refractivity contribution in [1.82, 2.24) is 10.2 Å². The van der Waals surface area contributed by atoms with Gasteiger partial charge in [-0.05, 0) is 48.9 Å². The van der Waals surface area contributed by atoms with Crippen LogP contribution in [0.3, 0.4) is 0 Å². The van der Waals surface area contributed by atoms with Crippen molar-refractivity contribution < 1.29 is 24.2 Å². The zero-order chi connectivity index (χ0) is 22.9. The molecule has 0 heterocycles. The minimum Gasteiger partial charge on any atom is -0.481 e. The average Bonchev–Trinajstić information content (AvgIpc) is 3.47. The smallest absolute Gasteiger partial charge is 0.408 e. The third-order valence-electron chi connectivity index (χ3n) is 6.30. The van der Waals surface area contributed by atoms with Gasteiger partial charge in [-0.2, -0.15) is 0 Å². The number of fused-ring (bicyclic) bond motifs is 3. The number of aliphatic carboxylic acids is 1. The Balaban J connectivity index is 1.41. The number of benzene rings is 2. The number of nitrogens with one attached hydrogen (secondary N) is 1. The zero-order valence-corrected chi connectivity index (χ0v) is 18.3. The van der Waals surface area contributed by atoms with Gasteiger partial charge in [-0.1, -0.05) is 48.5 Å². The third kappa shape index (κ3) is 4.20. The summed E-state index contributed by atoms with van der Waals surface area (Å²) in [5, 5.41) is 11.7. The van der Waals surface area contributed by atoms with Gasteiger partial charge in [-0.3, -0.25) is 9.59 Å². The highest BCUT2D eigenvalue weighted by atomic mass is 16.5. The lowest BCUT2D eigenvalue weighted by Gasteiger charge is -2.30. The fourth-order valence-corrected chi connectivity index (χ4v) is 4.43. The maximum Gasteiger partial charge on any atom is 0.408 e. The zero-order valence-electron chi connectivity index (χ0n) is 18.3. The van der Waals surface area contributed by atoms with E-state index in [-0.39, 0.29) is 37.4 Å². The van der Waals surface area contributed by atoms with Crippen LogP contribution in [0.1, 0.15) is 50.2 Å². The molecular weight excluding hydrogens is 408 g/mol. The molecule has 1 fully saturated rings. The molecule has 7 heteroatoms. The van der Waals surface area contributed by atoms with Crippen molar-refractivity contribution in [2.24, 2.45) is 0 Å². The van der Waals surface area contributed by atoms with Crippen LogP contribution in [0.5, 0.6) is 0 Å². The average molecular weight is 437 g/mol. The number of carboxylic acids is 1. The Morgan fingerprint density at radius 1 is 1.06 bits per heavy atom. The Morgan fingerprint density at radius 3 is 2.12 bits per heavy atom. The lowest BCUT2D eigenvalue weighted by atomic mass is 9.98. The molecule has 4 rings (SSSR count). The summed E-state index contributed by atoms with van der Waals surface area (Å²) in [7, 11) is 0. The molecule has 0 radical (unpaired) electrons. The van der Waals surface area contributed by atoms with E-state index < -0.39 is 17.6 Å². The predicted octanol–water partition coefficient (Wildman–Crippen LogP) is 3.77. The summed E-state index contributed by atoms with van der Waals surface area (Å²) in [6.07, 6.45) is 0.281. The van der Waals surface area contributed by atoms with Crippen LogP contribution in [0.25, 0.3) is 11.1 Å². The van der Waals surface area contributed by atoms with E-state index in [9.17, 15) is 14.4 Å². The molecule has 0 bridgehead atoms. The summed E-state index contributed by atoms with van der Waals surface area (Å²) in [4.78, 5) is 38.2. The van der Waals surface area contributed by atoms with Gasteiger partial charge < -0.3 is 20.1 Å². The van der Waals surface area contributed by atoms with Gasteiger partial charge >= 0.3 is 12.1 Å². The van der Waals surface area contributed by atoms with Crippen LogP contribution in [-0.2, 0) is 14.3 Å². The molecule has 0 unspecified atom stereocenters. The largest absolute Gasteiger partial charge is 0.481 e. The van der Waals surface area contributed by atoms with Crippen LogP contribution >= 0.6 is 0 Å². The molecule has 0 aliphatic heterocycles. The summed E-state index contributed by atoms with van der Waals surface area (Å²) in [5.74, 6) is -1.26. The van der Waals surface area contributed by atoms with E-state index >= 15 is 0 Å². The Morgan fingerprint density at radius 2 is 1.62 bits per heavy atom. The minimum atomic E-state index is -0.995. The van der Waals surface area contributed by atoms with Crippen molar-refractivity contribution in [2.45, 2.75) is 50.6 Å². The molecule has 2 N–H and O–H groups in total. The number of hydrogen-bond donors (Lipinski definition) is 2. The van der Waals surface area contributed by atoms with Crippen molar-refractivity contribution in [2.75, 3.05) is 13.2 Å². The first kappa shape index (κ1) is 21.9. The van der Waals surface area contributed by atoms with Gasteiger partial charge in [0.05, 0.1) is 6.42 Å². The molecule has 0 saturated heterocycles. The van der Waals surface area contributed by atoms with Crippen LogP contribution in [0.4, 0.5) is 4.79 Å². The first-order valence-corrected chi connectivity index (χ1v) is 11.0. The maximum atomic E-state index is 13.1. The number of amides is 2. The normalized spacial score (nSPS) is 15.6. The molecule has 1 saturated carbocycles. The van der Waals surface area contributed by atoms with Crippen molar-refractivity contribution in [1.29, 1.82) is 0 Å². The number of ether oxygens (including phenoxy) is 1. The van der Waals surface area contributed by atoms with Crippen LogP contribution < -0.4 is 5.32 Å². The number of nitrogens with zero attached hydrogens (tertiary/aromatic N) is 1. The number of carboxylic acid groups (broad SMARTS) is 1. The molecule has 2 amide bonds. The van der Waals surface area contributed by atoms with Gasteiger partial charge in [-0.25, -0.2) is 4.79 Å². The topological polar surface area (TPSA) is 95.9 Å². The second-order valence-corrected chi connectivity index (χ2v) is 8.77. The molecule has 2 aliphatic rings. The van der Waals surface area contributed by atoms with Crippen molar-refractivity contribution in [3.05, 3.63) is 59.7 Å². The molecular formula is C25H28N2O5. The lowest BCUT2D eigenvalue weighted by molar-refractivity contribution is -0.140. The van der Waals surface area contributed by atoms with Crippen molar-refractivity contribution in [3.8, 4) is 11.1 Å². The van der Waals surface area contributed by atoms with Crippen LogP contribution in [0.2, 0.25) is 0 Å². The third-order valence-corrected chi connectivity index (χ3v) is 6.30. The van der Waals surface area contributed by atoms with Crippen molar-refractivity contribution in [3.63, 3.8) is 0 Å². The predicted molar refractivity (Wildman–Crippen MR) is 119 cm³/mol. The van der Waals surface area contributed by atoms with Gasteiger partial charge in [0.25, 0.3) is 0 Å². The first-order valence-electron chi connectivity index (χ1n) is 11.0. The molecule has 168 valence electrons. The Hall–Kier alpha value is -3.35. The van der Waals surface area contributed by atoms with Crippen molar-refractivity contribution >= 4 is 18.0 Å². The van der Waals surface area contributed by atoms with Crippen LogP contribution in [0, 0.1) is 0 Å². The second-order valence-electron chi connectivity index (χ2n) is 8.77. The number of carbonyl (C=O) groups is 3. The lowest BCUT2D eigenvalue weighted by Crippen LogP contribution is -2.53. The summed E-state index contributed by atoms with van der Waals surface area (Å²) >= 11 is 0.